The maximum Gasteiger partial charge on any atom is 0.0747 e. The van der Waals surface area contributed by atoms with Crippen molar-refractivity contribution < 1.29 is 4.74 Å². The number of nitrogens with one attached hydrogen (secondary N) is 1. The molecular weight excluding hydrogens is 178 g/mol. The molecule has 1 atom stereocenters. The summed E-state index contributed by atoms with van der Waals surface area (Å²) in [4.78, 5) is 0. The number of rotatable bonds is 4. The Hall–Kier alpha value is -0.870. The lowest BCUT2D eigenvalue weighted by Crippen LogP contribution is -2.13. The second-order valence-corrected chi connectivity index (χ2v) is 3.90. The molecule has 14 heavy (non-hydrogen) atoms. The molecule has 0 amide bonds. The highest BCUT2D eigenvalue weighted by molar-refractivity contribution is 5.01. The molecule has 1 saturated heterocycles. The normalized spacial score (nSPS) is 21.6. The van der Waals surface area contributed by atoms with Crippen molar-refractivity contribution >= 4 is 0 Å². The van der Waals surface area contributed by atoms with Crippen LogP contribution in [0.3, 0.4) is 0 Å². The molecule has 0 spiro atoms. The van der Waals surface area contributed by atoms with Crippen LogP contribution in [0, 0.1) is 5.92 Å². The first-order chi connectivity index (χ1) is 6.84. The van der Waals surface area contributed by atoms with Crippen molar-refractivity contribution in [2.75, 3.05) is 19.7 Å². The van der Waals surface area contributed by atoms with Gasteiger partial charge in [0.15, 0.2) is 0 Å². The Morgan fingerprint density at radius 3 is 3.29 bits per heavy atom. The highest BCUT2D eigenvalue weighted by atomic mass is 16.5. The van der Waals surface area contributed by atoms with Crippen LogP contribution in [0.15, 0.2) is 12.4 Å². The van der Waals surface area contributed by atoms with Crippen LogP contribution in [0.1, 0.15) is 12.0 Å². The van der Waals surface area contributed by atoms with Gasteiger partial charge in [0.25, 0.3) is 0 Å². The van der Waals surface area contributed by atoms with Crippen LogP contribution < -0.4 is 5.32 Å². The summed E-state index contributed by atoms with van der Waals surface area (Å²) in [5, 5.41) is 7.42. The van der Waals surface area contributed by atoms with Gasteiger partial charge in [-0.3, -0.25) is 4.68 Å². The van der Waals surface area contributed by atoms with E-state index in [0.29, 0.717) is 12.5 Å². The summed E-state index contributed by atoms with van der Waals surface area (Å²) in [7, 11) is 1.92. The maximum absolute atomic E-state index is 5.62. The Kier molecular flexibility index (Phi) is 3.16. The van der Waals surface area contributed by atoms with E-state index in [2.05, 4.69) is 10.4 Å². The quantitative estimate of drug-likeness (QED) is 0.762. The lowest BCUT2D eigenvalue weighted by molar-refractivity contribution is 0.0924. The van der Waals surface area contributed by atoms with Gasteiger partial charge in [-0.1, -0.05) is 0 Å². The van der Waals surface area contributed by atoms with E-state index in [1.165, 1.54) is 6.42 Å². The zero-order valence-electron chi connectivity index (χ0n) is 8.57. The van der Waals surface area contributed by atoms with Gasteiger partial charge in [-0.2, -0.15) is 5.10 Å². The Labute approximate surface area is 84.3 Å². The summed E-state index contributed by atoms with van der Waals surface area (Å²) in [6.07, 6.45) is 5.09. The first-order valence-electron chi connectivity index (χ1n) is 5.10. The summed E-state index contributed by atoms with van der Waals surface area (Å²) >= 11 is 0. The van der Waals surface area contributed by atoms with Crippen LogP contribution in [0.4, 0.5) is 0 Å². The Morgan fingerprint density at radius 1 is 1.71 bits per heavy atom. The number of aryl methyl sites for hydroxylation is 1. The molecule has 4 heteroatoms. The SMILES string of the molecule is Cn1cc(COCC2CCNC2)cn1. The molecule has 0 radical (unpaired) electrons. The molecule has 1 N–H and O–H groups in total. The first kappa shape index (κ1) is 9.68. The second-order valence-electron chi connectivity index (χ2n) is 3.90. The highest BCUT2D eigenvalue weighted by Crippen LogP contribution is 2.09. The third-order valence-electron chi connectivity index (χ3n) is 2.54. The number of hydrogen-bond acceptors (Lipinski definition) is 3. The minimum Gasteiger partial charge on any atom is -0.376 e. The summed E-state index contributed by atoms with van der Waals surface area (Å²) < 4.78 is 7.43. The van der Waals surface area contributed by atoms with E-state index in [-0.39, 0.29) is 0 Å². The van der Waals surface area contributed by atoms with Crippen LogP contribution in [0.25, 0.3) is 0 Å². The molecule has 78 valence electrons. The first-order valence-corrected chi connectivity index (χ1v) is 5.10. The smallest absolute Gasteiger partial charge is 0.0747 e. The van der Waals surface area contributed by atoms with Crippen molar-refractivity contribution in [1.82, 2.24) is 15.1 Å². The fourth-order valence-corrected chi connectivity index (χ4v) is 1.75. The molecular formula is C10H17N3O. The largest absolute Gasteiger partial charge is 0.376 e. The molecule has 1 aromatic rings. The zero-order chi connectivity index (χ0) is 9.80. The van der Waals surface area contributed by atoms with Crippen LogP contribution in [0.5, 0.6) is 0 Å². The average Bonchev–Trinajstić information content (AvgIpc) is 2.77. The van der Waals surface area contributed by atoms with Gasteiger partial charge < -0.3 is 10.1 Å². The minimum atomic E-state index is 0.685. The molecule has 1 unspecified atom stereocenters. The van der Waals surface area contributed by atoms with Gasteiger partial charge >= 0.3 is 0 Å². The minimum absolute atomic E-state index is 0.685. The third-order valence-corrected chi connectivity index (χ3v) is 2.54. The summed E-state index contributed by atoms with van der Waals surface area (Å²) in [6, 6.07) is 0. The lowest BCUT2D eigenvalue weighted by atomic mass is 10.1. The van der Waals surface area contributed by atoms with Gasteiger partial charge in [0.05, 0.1) is 19.4 Å². The van der Waals surface area contributed by atoms with Crippen molar-refractivity contribution in [2.24, 2.45) is 13.0 Å². The molecule has 0 aromatic carbocycles. The van der Waals surface area contributed by atoms with E-state index in [9.17, 15) is 0 Å². The van der Waals surface area contributed by atoms with E-state index >= 15 is 0 Å². The molecule has 1 aromatic heterocycles. The summed E-state index contributed by atoms with van der Waals surface area (Å²) in [5.74, 6) is 0.701. The van der Waals surface area contributed by atoms with Gasteiger partial charge in [-0.25, -0.2) is 0 Å². The molecule has 4 nitrogen and oxygen atoms in total. The predicted molar refractivity (Wildman–Crippen MR) is 53.8 cm³/mol. The van der Waals surface area contributed by atoms with Crippen molar-refractivity contribution in [3.63, 3.8) is 0 Å². The van der Waals surface area contributed by atoms with E-state index in [1.807, 2.05) is 19.4 Å². The monoisotopic (exact) mass is 195 g/mol. The van der Waals surface area contributed by atoms with Crippen molar-refractivity contribution in [3.05, 3.63) is 18.0 Å². The molecule has 0 saturated carbocycles. The van der Waals surface area contributed by atoms with E-state index in [0.717, 1.165) is 25.3 Å². The van der Waals surface area contributed by atoms with Gasteiger partial charge in [0.2, 0.25) is 0 Å². The number of hydrogen-bond donors (Lipinski definition) is 1. The predicted octanol–water partition coefficient (Wildman–Crippen LogP) is 0.546. The standard InChI is InChI=1S/C10H17N3O/c1-13-6-10(5-12-13)8-14-7-9-2-3-11-4-9/h5-6,9,11H,2-4,7-8H2,1H3. The lowest BCUT2D eigenvalue weighted by Gasteiger charge is -2.07. The molecule has 2 heterocycles. The number of ether oxygens (including phenoxy) is 1. The molecule has 0 aliphatic carbocycles. The molecule has 0 bridgehead atoms. The molecule has 1 aliphatic rings. The Morgan fingerprint density at radius 2 is 2.64 bits per heavy atom. The average molecular weight is 195 g/mol. The van der Waals surface area contributed by atoms with Gasteiger partial charge in [0, 0.05) is 25.4 Å². The van der Waals surface area contributed by atoms with Crippen LogP contribution >= 0.6 is 0 Å². The molecule has 1 aliphatic heterocycles. The molecule has 1 fully saturated rings. The van der Waals surface area contributed by atoms with Crippen molar-refractivity contribution in [3.8, 4) is 0 Å². The second kappa shape index (κ2) is 4.57. The number of nitrogens with zero attached hydrogens (tertiary/aromatic N) is 2. The van der Waals surface area contributed by atoms with Crippen LogP contribution in [-0.4, -0.2) is 29.5 Å². The Balaban J connectivity index is 1.67. The highest BCUT2D eigenvalue weighted by Gasteiger charge is 2.14. The van der Waals surface area contributed by atoms with Crippen LogP contribution in [-0.2, 0) is 18.4 Å². The summed E-state index contributed by atoms with van der Waals surface area (Å²) in [6.45, 7) is 3.79. The maximum atomic E-state index is 5.62. The van der Waals surface area contributed by atoms with Crippen LogP contribution in [0.2, 0.25) is 0 Å². The van der Waals surface area contributed by atoms with Crippen molar-refractivity contribution in [1.29, 1.82) is 0 Å². The fourth-order valence-electron chi connectivity index (χ4n) is 1.75. The van der Waals surface area contributed by atoms with E-state index < -0.39 is 0 Å². The van der Waals surface area contributed by atoms with Gasteiger partial charge in [-0.05, 0) is 18.9 Å². The zero-order valence-corrected chi connectivity index (χ0v) is 8.57. The van der Waals surface area contributed by atoms with E-state index in [1.54, 1.807) is 4.68 Å². The van der Waals surface area contributed by atoms with E-state index in [4.69, 9.17) is 4.74 Å². The summed E-state index contributed by atoms with van der Waals surface area (Å²) in [5.41, 5.74) is 1.15. The van der Waals surface area contributed by atoms with Gasteiger partial charge in [0.1, 0.15) is 0 Å². The van der Waals surface area contributed by atoms with Crippen molar-refractivity contribution in [2.45, 2.75) is 13.0 Å². The third kappa shape index (κ3) is 2.56. The molecule has 2 rings (SSSR count). The Bertz CT molecular complexity index is 279. The van der Waals surface area contributed by atoms with Gasteiger partial charge in [-0.15, -0.1) is 0 Å². The number of aromatic nitrogens is 2. The fraction of sp³-hybridized carbons (Fsp3) is 0.700. The topological polar surface area (TPSA) is 39.1 Å².